The van der Waals surface area contributed by atoms with Crippen LogP contribution in [-0.2, 0) is 0 Å². The van der Waals surface area contributed by atoms with Gasteiger partial charge in [0, 0.05) is 6.54 Å². The van der Waals surface area contributed by atoms with Crippen LogP contribution in [0.4, 0.5) is 13.2 Å². The molecule has 0 aromatic carbocycles. The van der Waals surface area contributed by atoms with Crippen LogP contribution < -0.4 is 0 Å². The maximum atomic E-state index is 12.5. The molecule has 0 amide bonds. The highest BCUT2D eigenvalue weighted by molar-refractivity contribution is 4.92. The van der Waals surface area contributed by atoms with E-state index in [2.05, 4.69) is 13.8 Å². The molecule has 1 unspecified atom stereocenters. The van der Waals surface area contributed by atoms with Crippen LogP contribution >= 0.6 is 0 Å². The van der Waals surface area contributed by atoms with Gasteiger partial charge in [-0.2, -0.15) is 18.4 Å². The number of alkyl halides is 3. The number of halogens is 3. The van der Waals surface area contributed by atoms with Gasteiger partial charge in [0.15, 0.2) is 5.92 Å². The monoisotopic (exact) mass is 262 g/mol. The zero-order valence-electron chi connectivity index (χ0n) is 11.1. The van der Waals surface area contributed by atoms with Crippen LogP contribution in [0.3, 0.4) is 0 Å². The molecule has 104 valence electrons. The lowest BCUT2D eigenvalue weighted by Gasteiger charge is -2.41. The average molecular weight is 262 g/mol. The van der Waals surface area contributed by atoms with Gasteiger partial charge in [0.05, 0.1) is 6.07 Å². The standard InChI is InChI=1S/C13H21F3N2/c1-3-12(4-2)5-7-18(8-6-12)10-11(9-17)13(14,15)16/h11H,3-8,10H2,1-2H3. The Morgan fingerprint density at radius 3 is 2.06 bits per heavy atom. The second-order valence-corrected chi connectivity index (χ2v) is 5.23. The Morgan fingerprint density at radius 1 is 1.22 bits per heavy atom. The summed E-state index contributed by atoms with van der Waals surface area (Å²) in [6.07, 6.45) is -0.360. The second-order valence-electron chi connectivity index (χ2n) is 5.23. The molecule has 1 atom stereocenters. The Balaban J connectivity index is 2.52. The molecule has 0 aromatic rings. The van der Waals surface area contributed by atoms with Gasteiger partial charge in [-0.05, 0) is 31.3 Å². The van der Waals surface area contributed by atoms with Crippen LogP contribution in [0.25, 0.3) is 0 Å². The summed E-state index contributed by atoms with van der Waals surface area (Å²) in [7, 11) is 0. The third-order valence-electron chi connectivity index (χ3n) is 4.41. The Morgan fingerprint density at radius 2 is 1.72 bits per heavy atom. The van der Waals surface area contributed by atoms with E-state index in [9.17, 15) is 13.2 Å². The van der Waals surface area contributed by atoms with Crippen molar-refractivity contribution >= 4 is 0 Å². The first-order chi connectivity index (χ1) is 8.37. The van der Waals surface area contributed by atoms with E-state index in [0.29, 0.717) is 18.5 Å². The number of hydrogen-bond donors (Lipinski definition) is 0. The van der Waals surface area contributed by atoms with E-state index in [-0.39, 0.29) is 6.54 Å². The van der Waals surface area contributed by atoms with Crippen LogP contribution in [0.5, 0.6) is 0 Å². The number of nitrogens with zero attached hydrogens (tertiary/aromatic N) is 2. The molecule has 1 aliphatic rings. The molecule has 1 rings (SSSR count). The van der Waals surface area contributed by atoms with Gasteiger partial charge in [0.2, 0.25) is 0 Å². The molecule has 1 heterocycles. The molecule has 2 nitrogen and oxygen atoms in total. The van der Waals surface area contributed by atoms with E-state index in [1.807, 2.05) is 0 Å². The van der Waals surface area contributed by atoms with E-state index >= 15 is 0 Å². The number of rotatable bonds is 4. The molecular formula is C13H21F3N2. The van der Waals surface area contributed by atoms with Gasteiger partial charge in [-0.1, -0.05) is 26.7 Å². The lowest BCUT2D eigenvalue weighted by atomic mass is 9.74. The van der Waals surface area contributed by atoms with Gasteiger partial charge in [0.25, 0.3) is 0 Å². The van der Waals surface area contributed by atoms with Gasteiger partial charge >= 0.3 is 6.18 Å². The summed E-state index contributed by atoms with van der Waals surface area (Å²) < 4.78 is 37.5. The Bertz CT molecular complexity index is 292. The smallest absolute Gasteiger partial charge is 0.302 e. The third-order valence-corrected chi connectivity index (χ3v) is 4.41. The maximum Gasteiger partial charge on any atom is 0.405 e. The summed E-state index contributed by atoms with van der Waals surface area (Å²) in [5.41, 5.74) is 0.302. The van der Waals surface area contributed by atoms with Crippen LogP contribution in [0, 0.1) is 22.7 Å². The van der Waals surface area contributed by atoms with E-state index in [4.69, 9.17) is 5.26 Å². The molecule has 0 N–H and O–H groups in total. The zero-order chi connectivity index (χ0) is 13.8. The highest BCUT2D eigenvalue weighted by Crippen LogP contribution is 2.38. The molecule has 18 heavy (non-hydrogen) atoms. The molecule has 1 aliphatic heterocycles. The van der Waals surface area contributed by atoms with Crippen LogP contribution in [0.2, 0.25) is 0 Å². The fourth-order valence-electron chi connectivity index (χ4n) is 2.64. The zero-order valence-corrected chi connectivity index (χ0v) is 11.1. The summed E-state index contributed by atoms with van der Waals surface area (Å²) in [6.45, 7) is 5.47. The molecule has 0 saturated carbocycles. The number of piperidine rings is 1. The summed E-state index contributed by atoms with van der Waals surface area (Å²) in [5.74, 6) is -1.85. The van der Waals surface area contributed by atoms with Crippen LogP contribution in [-0.4, -0.2) is 30.7 Å². The first-order valence-corrected chi connectivity index (χ1v) is 6.55. The van der Waals surface area contributed by atoms with Gasteiger partial charge in [-0.25, -0.2) is 0 Å². The van der Waals surface area contributed by atoms with Gasteiger partial charge in [-0.3, -0.25) is 0 Å². The molecule has 0 spiro atoms. The lowest BCUT2D eigenvalue weighted by molar-refractivity contribution is -0.164. The van der Waals surface area contributed by atoms with Crippen molar-refractivity contribution < 1.29 is 13.2 Å². The molecule has 0 aliphatic carbocycles. The number of nitriles is 1. The molecule has 1 saturated heterocycles. The molecular weight excluding hydrogens is 241 g/mol. The SMILES string of the molecule is CCC1(CC)CCN(CC(C#N)C(F)(F)F)CC1. The van der Waals surface area contributed by atoms with Crippen molar-refractivity contribution in [2.24, 2.45) is 11.3 Å². The van der Waals surface area contributed by atoms with Crippen molar-refractivity contribution in [3.05, 3.63) is 0 Å². The molecule has 5 heteroatoms. The predicted molar refractivity (Wildman–Crippen MR) is 63.8 cm³/mol. The number of likely N-dealkylation sites (tertiary alicyclic amines) is 1. The lowest BCUT2D eigenvalue weighted by Crippen LogP contribution is -2.43. The van der Waals surface area contributed by atoms with E-state index < -0.39 is 12.1 Å². The van der Waals surface area contributed by atoms with E-state index in [0.717, 1.165) is 25.7 Å². The topological polar surface area (TPSA) is 27.0 Å². The quantitative estimate of drug-likeness (QED) is 0.774. The molecule has 0 bridgehead atoms. The largest absolute Gasteiger partial charge is 0.405 e. The van der Waals surface area contributed by atoms with Crippen molar-refractivity contribution in [3.8, 4) is 6.07 Å². The van der Waals surface area contributed by atoms with Crippen molar-refractivity contribution in [2.45, 2.75) is 45.7 Å². The summed E-state index contributed by atoms with van der Waals surface area (Å²) in [6, 6.07) is 1.37. The molecule has 0 radical (unpaired) electrons. The van der Waals surface area contributed by atoms with Crippen molar-refractivity contribution in [1.82, 2.24) is 4.90 Å². The number of hydrogen-bond acceptors (Lipinski definition) is 2. The molecule has 0 aromatic heterocycles. The first kappa shape index (κ1) is 15.3. The predicted octanol–water partition coefficient (Wildman–Crippen LogP) is 3.59. The minimum Gasteiger partial charge on any atom is -0.302 e. The minimum absolute atomic E-state index is 0.177. The van der Waals surface area contributed by atoms with Crippen molar-refractivity contribution in [3.63, 3.8) is 0 Å². The first-order valence-electron chi connectivity index (χ1n) is 6.55. The highest BCUT2D eigenvalue weighted by atomic mass is 19.4. The van der Waals surface area contributed by atoms with Gasteiger partial charge in [0.1, 0.15) is 0 Å². The van der Waals surface area contributed by atoms with Crippen LogP contribution in [0.1, 0.15) is 39.5 Å². The summed E-state index contributed by atoms with van der Waals surface area (Å²) >= 11 is 0. The minimum atomic E-state index is -4.40. The van der Waals surface area contributed by atoms with Crippen molar-refractivity contribution in [2.75, 3.05) is 19.6 Å². The van der Waals surface area contributed by atoms with Crippen molar-refractivity contribution in [1.29, 1.82) is 5.26 Å². The van der Waals surface area contributed by atoms with Gasteiger partial charge in [-0.15, -0.1) is 0 Å². The maximum absolute atomic E-state index is 12.5. The fourth-order valence-corrected chi connectivity index (χ4v) is 2.64. The normalized spacial score (nSPS) is 22.4. The molecule has 1 fully saturated rings. The van der Waals surface area contributed by atoms with Crippen LogP contribution in [0.15, 0.2) is 0 Å². The van der Waals surface area contributed by atoms with Gasteiger partial charge < -0.3 is 4.90 Å². The Labute approximate surface area is 107 Å². The summed E-state index contributed by atoms with van der Waals surface area (Å²) in [4.78, 5) is 1.78. The fraction of sp³-hybridized carbons (Fsp3) is 0.923. The Kier molecular flexibility index (Phi) is 5.03. The third kappa shape index (κ3) is 3.61. The highest BCUT2D eigenvalue weighted by Gasteiger charge is 2.42. The van der Waals surface area contributed by atoms with E-state index in [1.165, 1.54) is 6.07 Å². The second kappa shape index (κ2) is 5.92. The van der Waals surface area contributed by atoms with E-state index in [1.54, 1.807) is 4.90 Å². The Hall–Kier alpha value is -0.760. The average Bonchev–Trinajstić information content (AvgIpc) is 2.35. The summed E-state index contributed by atoms with van der Waals surface area (Å²) in [5, 5.41) is 8.59.